The Labute approximate surface area is 216 Å². The average molecular weight is 525 g/mol. The van der Waals surface area contributed by atoms with E-state index >= 15 is 0 Å². The Morgan fingerprint density at radius 1 is 1.08 bits per heavy atom. The number of carboxylic acids is 1. The molecule has 2 aromatic rings. The van der Waals surface area contributed by atoms with E-state index in [1.54, 1.807) is 26.0 Å². The van der Waals surface area contributed by atoms with Crippen LogP contribution in [0.25, 0.3) is 0 Å². The van der Waals surface area contributed by atoms with Crippen LogP contribution in [0.15, 0.2) is 42.6 Å². The Balaban J connectivity index is 1.60. The maximum Gasteiger partial charge on any atom is 0.322 e. The molecule has 194 valence electrons. The van der Waals surface area contributed by atoms with Gasteiger partial charge in [-0.2, -0.15) is 22.7 Å². The van der Waals surface area contributed by atoms with Crippen molar-refractivity contribution in [2.45, 2.75) is 19.9 Å². The van der Waals surface area contributed by atoms with Crippen LogP contribution in [0.5, 0.6) is 0 Å². The largest absolute Gasteiger partial charge is 0.480 e. The summed E-state index contributed by atoms with van der Waals surface area (Å²) in [4.78, 5) is 29.4. The molecule has 1 fully saturated rings. The molecule has 1 atom stereocenters. The third-order valence-corrected chi connectivity index (χ3v) is 7.29. The van der Waals surface area contributed by atoms with Gasteiger partial charge in [0.15, 0.2) is 0 Å². The molecule has 0 radical (unpaired) electrons. The van der Waals surface area contributed by atoms with Gasteiger partial charge >= 0.3 is 5.97 Å². The van der Waals surface area contributed by atoms with Crippen LogP contribution in [0.1, 0.15) is 35.5 Å². The fourth-order valence-electron chi connectivity index (χ4n) is 3.64. The molecule has 1 saturated heterocycles. The number of nitrogens with one attached hydrogen (secondary N) is 2. The van der Waals surface area contributed by atoms with Gasteiger partial charge in [-0.25, -0.2) is 0 Å². The molecule has 12 heteroatoms. The Kier molecular flexibility index (Phi) is 9.20. The number of anilines is 1. The van der Waals surface area contributed by atoms with E-state index in [0.29, 0.717) is 18.7 Å². The van der Waals surface area contributed by atoms with E-state index in [2.05, 4.69) is 31.8 Å². The van der Waals surface area contributed by atoms with Gasteiger partial charge in [-0.15, -0.1) is 0 Å². The number of hydrogen-bond donors (Lipinski definition) is 3. The van der Waals surface area contributed by atoms with E-state index in [1.165, 1.54) is 10.5 Å². The molecule has 1 amide bonds. The Morgan fingerprint density at radius 2 is 1.73 bits per heavy atom. The van der Waals surface area contributed by atoms with Gasteiger partial charge in [0.05, 0.1) is 6.07 Å². The molecule has 0 saturated carbocycles. The Morgan fingerprint density at radius 3 is 2.32 bits per heavy atom. The van der Waals surface area contributed by atoms with E-state index in [-0.39, 0.29) is 31.2 Å². The molecule has 0 unspecified atom stereocenters. The zero-order valence-electron chi connectivity index (χ0n) is 20.5. The number of pyridine rings is 1. The van der Waals surface area contributed by atoms with Crippen LogP contribution in [-0.4, -0.2) is 73.5 Å². The van der Waals surface area contributed by atoms with Gasteiger partial charge in [0.1, 0.15) is 18.3 Å². The van der Waals surface area contributed by atoms with Crippen molar-refractivity contribution >= 4 is 27.8 Å². The summed E-state index contributed by atoms with van der Waals surface area (Å²) in [5, 5.41) is 20.3. The van der Waals surface area contributed by atoms with Crippen LogP contribution < -0.4 is 14.9 Å². The van der Waals surface area contributed by atoms with Gasteiger partial charge in [0.2, 0.25) is 0 Å². The minimum atomic E-state index is -3.92. The summed E-state index contributed by atoms with van der Waals surface area (Å²) >= 11 is 0. The molecule has 1 aromatic heterocycles. The lowest BCUT2D eigenvalue weighted by Crippen LogP contribution is -2.55. The molecule has 1 aliphatic rings. The molecule has 37 heavy (non-hydrogen) atoms. The van der Waals surface area contributed by atoms with E-state index in [1.807, 2.05) is 30.3 Å². The van der Waals surface area contributed by atoms with Crippen LogP contribution >= 0.6 is 0 Å². The maximum atomic E-state index is 12.7. The highest BCUT2D eigenvalue weighted by Gasteiger charge is 2.32. The van der Waals surface area contributed by atoms with Crippen LogP contribution in [-0.2, 0) is 15.0 Å². The molecular formula is C25H28N6O5S. The predicted molar refractivity (Wildman–Crippen MR) is 137 cm³/mol. The van der Waals surface area contributed by atoms with Crippen molar-refractivity contribution in [3.05, 3.63) is 59.4 Å². The lowest BCUT2D eigenvalue weighted by atomic mass is 10.1. The van der Waals surface area contributed by atoms with Crippen molar-refractivity contribution in [1.82, 2.24) is 19.3 Å². The number of hydrogen-bond acceptors (Lipinski definition) is 7. The summed E-state index contributed by atoms with van der Waals surface area (Å²) in [6.07, 6.45) is 1.48. The molecular weight excluding hydrogens is 496 g/mol. The fraction of sp³-hybridized carbons (Fsp3) is 0.360. The lowest BCUT2D eigenvalue weighted by molar-refractivity contribution is -0.140. The summed E-state index contributed by atoms with van der Waals surface area (Å²) in [6.45, 7) is 4.57. The molecule has 11 nitrogen and oxygen atoms in total. The van der Waals surface area contributed by atoms with Crippen molar-refractivity contribution in [1.29, 1.82) is 5.26 Å². The number of carbonyl (C=O) groups is 2. The highest BCUT2D eigenvalue weighted by molar-refractivity contribution is 7.87. The minimum Gasteiger partial charge on any atom is -0.480 e. The van der Waals surface area contributed by atoms with Gasteiger partial charge < -0.3 is 15.3 Å². The fourth-order valence-corrected chi connectivity index (χ4v) is 5.12. The number of nitrogens with zero attached hydrogens (tertiary/aromatic N) is 4. The first-order chi connectivity index (χ1) is 17.6. The number of benzene rings is 1. The van der Waals surface area contributed by atoms with Gasteiger partial charge in [-0.1, -0.05) is 25.7 Å². The van der Waals surface area contributed by atoms with E-state index in [4.69, 9.17) is 5.26 Å². The lowest BCUT2D eigenvalue weighted by Gasteiger charge is -2.36. The number of amides is 1. The van der Waals surface area contributed by atoms with Gasteiger partial charge in [0, 0.05) is 49.2 Å². The molecule has 0 aliphatic carbocycles. The molecule has 1 aliphatic heterocycles. The van der Waals surface area contributed by atoms with E-state index in [9.17, 15) is 23.1 Å². The number of carboxylic acid groups (broad SMARTS) is 1. The summed E-state index contributed by atoms with van der Waals surface area (Å²) in [5.74, 6) is 4.00. The van der Waals surface area contributed by atoms with Crippen LogP contribution in [0.4, 0.5) is 5.69 Å². The van der Waals surface area contributed by atoms with Crippen LogP contribution in [0.3, 0.4) is 0 Å². The number of nitriles is 1. The third-order valence-electron chi connectivity index (χ3n) is 5.69. The SMILES string of the molecule is CC(C)[C@@H](NS(=O)(=O)N1CCN(c2ccc(C#Cc3ccnc(C(=O)NCC#N)c3)cc2)CC1)C(=O)O. The number of rotatable bonds is 8. The standard InChI is InChI=1S/C25H28N6O5S/c1-18(2)23(25(33)34)29-37(35,36)31-15-13-30(14-16-31)21-7-5-19(6-8-21)3-4-20-9-11-27-22(17-20)24(32)28-12-10-26/h5-9,11,17-18,23,29H,12-16H2,1-2H3,(H,28,32)(H,33,34)/t23-/m1/s1. The molecule has 2 heterocycles. The Hall–Kier alpha value is -3.97. The van der Waals surface area contributed by atoms with Crippen molar-refractivity contribution < 1.29 is 23.1 Å². The number of carbonyl (C=O) groups excluding carboxylic acids is 1. The molecule has 0 bridgehead atoms. The van der Waals surface area contributed by atoms with Crippen LogP contribution in [0, 0.1) is 29.1 Å². The highest BCUT2D eigenvalue weighted by atomic mass is 32.2. The zero-order chi connectivity index (χ0) is 27.0. The second-order valence-electron chi connectivity index (χ2n) is 8.64. The second kappa shape index (κ2) is 12.3. The zero-order valence-corrected chi connectivity index (χ0v) is 21.3. The average Bonchev–Trinajstić information content (AvgIpc) is 2.89. The molecule has 3 rings (SSSR count). The Bertz CT molecular complexity index is 1330. The van der Waals surface area contributed by atoms with Crippen molar-refractivity contribution in [2.24, 2.45) is 5.92 Å². The summed E-state index contributed by atoms with van der Waals surface area (Å²) in [6, 6.07) is 11.4. The van der Waals surface area contributed by atoms with E-state index in [0.717, 1.165) is 11.3 Å². The normalized spacial score (nSPS) is 14.8. The second-order valence-corrected chi connectivity index (χ2v) is 10.3. The van der Waals surface area contributed by atoms with Gasteiger partial charge in [0.25, 0.3) is 16.1 Å². The van der Waals surface area contributed by atoms with Gasteiger partial charge in [-0.05, 0) is 42.3 Å². The topological polar surface area (TPSA) is 156 Å². The van der Waals surface area contributed by atoms with Crippen LogP contribution in [0.2, 0.25) is 0 Å². The maximum absolute atomic E-state index is 12.7. The first-order valence-corrected chi connectivity index (χ1v) is 13.0. The number of aromatic nitrogens is 1. The quantitative estimate of drug-likeness (QED) is 0.338. The summed E-state index contributed by atoms with van der Waals surface area (Å²) in [7, 11) is -3.92. The van der Waals surface area contributed by atoms with Crippen molar-refractivity contribution in [2.75, 3.05) is 37.6 Å². The number of piperazine rings is 1. The van der Waals surface area contributed by atoms with Gasteiger partial charge in [-0.3, -0.25) is 14.6 Å². The minimum absolute atomic E-state index is 0.103. The monoisotopic (exact) mass is 524 g/mol. The van der Waals surface area contributed by atoms with Crippen molar-refractivity contribution in [3.63, 3.8) is 0 Å². The molecule has 0 spiro atoms. The highest BCUT2D eigenvalue weighted by Crippen LogP contribution is 2.19. The molecule has 3 N–H and O–H groups in total. The van der Waals surface area contributed by atoms with E-state index < -0.39 is 28.1 Å². The first kappa shape index (κ1) is 27.6. The first-order valence-electron chi connectivity index (χ1n) is 11.6. The third kappa shape index (κ3) is 7.51. The number of aliphatic carboxylic acids is 1. The summed E-state index contributed by atoms with van der Waals surface area (Å²) in [5.41, 5.74) is 2.46. The molecule has 1 aromatic carbocycles. The summed E-state index contributed by atoms with van der Waals surface area (Å²) < 4.78 is 28.9. The van der Waals surface area contributed by atoms with Crippen molar-refractivity contribution in [3.8, 4) is 17.9 Å². The predicted octanol–water partition coefficient (Wildman–Crippen LogP) is 0.800. The smallest absolute Gasteiger partial charge is 0.322 e.